The Morgan fingerprint density at radius 3 is 2.50 bits per heavy atom. The molecule has 4 nitrogen and oxygen atoms in total. The molecule has 0 aliphatic rings. The number of nitrogens with zero attached hydrogens (tertiary/aromatic N) is 1. The van der Waals surface area contributed by atoms with Gasteiger partial charge >= 0.3 is 6.03 Å². The summed E-state index contributed by atoms with van der Waals surface area (Å²) in [6, 6.07) is 18.8. The second kappa shape index (κ2) is 8.75. The van der Waals surface area contributed by atoms with Gasteiger partial charge in [0.25, 0.3) is 0 Å². The lowest BCUT2D eigenvalue weighted by molar-refractivity contribution is 0.252. The van der Waals surface area contributed by atoms with Crippen molar-refractivity contribution in [2.24, 2.45) is 0 Å². The van der Waals surface area contributed by atoms with Crippen LogP contribution in [0.5, 0.6) is 0 Å². The summed E-state index contributed by atoms with van der Waals surface area (Å²) >= 11 is 1.78. The van der Waals surface area contributed by atoms with E-state index in [0.717, 1.165) is 11.5 Å². The van der Waals surface area contributed by atoms with Crippen LogP contribution in [-0.2, 0) is 5.75 Å². The first kappa shape index (κ1) is 15.9. The molecule has 0 heterocycles. The number of carbonyl (C=O) groups is 1. The van der Waals surface area contributed by atoms with E-state index in [2.05, 4.69) is 22.8 Å². The molecule has 2 amide bonds. The minimum atomic E-state index is -0.231. The van der Waals surface area contributed by atoms with Crippen LogP contribution in [0.25, 0.3) is 0 Å². The molecule has 0 saturated heterocycles. The molecule has 2 N–H and O–H groups in total. The molecule has 112 valence electrons. The Bertz CT molecular complexity index is 635. The Morgan fingerprint density at radius 2 is 1.82 bits per heavy atom. The highest BCUT2D eigenvalue weighted by molar-refractivity contribution is 7.98. The molecule has 0 fully saturated rings. The van der Waals surface area contributed by atoms with Crippen LogP contribution < -0.4 is 10.6 Å². The average molecular weight is 311 g/mol. The van der Waals surface area contributed by atoms with E-state index in [0.29, 0.717) is 17.8 Å². The van der Waals surface area contributed by atoms with Gasteiger partial charge in [0.05, 0.1) is 11.6 Å². The Hall–Kier alpha value is -2.45. The third-order valence-corrected chi connectivity index (χ3v) is 3.95. The fourth-order valence-corrected chi connectivity index (χ4v) is 2.62. The van der Waals surface area contributed by atoms with Gasteiger partial charge in [-0.25, -0.2) is 4.79 Å². The number of hydrogen-bond acceptors (Lipinski definition) is 3. The van der Waals surface area contributed by atoms with E-state index in [-0.39, 0.29) is 6.03 Å². The molecule has 0 aliphatic heterocycles. The van der Waals surface area contributed by atoms with Crippen molar-refractivity contribution in [3.8, 4) is 6.07 Å². The highest BCUT2D eigenvalue weighted by Crippen LogP contribution is 2.11. The monoisotopic (exact) mass is 311 g/mol. The average Bonchev–Trinajstić information content (AvgIpc) is 2.56. The molecule has 2 rings (SSSR count). The summed E-state index contributed by atoms with van der Waals surface area (Å²) in [4.78, 5) is 11.7. The summed E-state index contributed by atoms with van der Waals surface area (Å²) in [7, 11) is 0. The molecule has 2 aromatic rings. The molecular formula is C17H17N3OS. The molecule has 0 bridgehead atoms. The maximum atomic E-state index is 11.7. The molecule has 0 spiro atoms. The zero-order valence-corrected chi connectivity index (χ0v) is 12.9. The molecule has 0 radical (unpaired) electrons. The fraction of sp³-hybridized carbons (Fsp3) is 0.176. The summed E-state index contributed by atoms with van der Waals surface area (Å²) < 4.78 is 0. The second-order valence-corrected chi connectivity index (χ2v) is 5.71. The maximum absolute atomic E-state index is 11.7. The van der Waals surface area contributed by atoms with Gasteiger partial charge in [0.15, 0.2) is 0 Å². The highest BCUT2D eigenvalue weighted by atomic mass is 32.2. The van der Waals surface area contributed by atoms with Crippen molar-refractivity contribution in [1.82, 2.24) is 5.32 Å². The molecule has 0 atom stereocenters. The van der Waals surface area contributed by atoms with Gasteiger partial charge in [-0.1, -0.05) is 30.3 Å². The third kappa shape index (κ3) is 5.51. The number of thioether (sulfide) groups is 1. The summed E-state index contributed by atoms with van der Waals surface area (Å²) in [6.45, 7) is 0.611. The van der Waals surface area contributed by atoms with E-state index in [9.17, 15) is 4.79 Å². The predicted molar refractivity (Wildman–Crippen MR) is 90.8 cm³/mol. The van der Waals surface area contributed by atoms with Crippen LogP contribution in [0.2, 0.25) is 0 Å². The summed E-state index contributed by atoms with van der Waals surface area (Å²) in [6.07, 6.45) is 0. The lowest BCUT2D eigenvalue weighted by Crippen LogP contribution is -2.30. The second-order valence-electron chi connectivity index (χ2n) is 4.61. The van der Waals surface area contributed by atoms with Crippen molar-refractivity contribution < 1.29 is 4.79 Å². The van der Waals surface area contributed by atoms with Crippen LogP contribution >= 0.6 is 11.8 Å². The smallest absolute Gasteiger partial charge is 0.319 e. The number of nitriles is 1. The van der Waals surface area contributed by atoms with Gasteiger partial charge in [-0.15, -0.1) is 0 Å². The first-order valence-electron chi connectivity index (χ1n) is 6.94. The first-order valence-corrected chi connectivity index (χ1v) is 8.10. The van der Waals surface area contributed by atoms with E-state index in [1.807, 2.05) is 24.3 Å². The Labute approximate surface area is 134 Å². The molecular weight excluding hydrogens is 294 g/mol. The summed E-state index contributed by atoms with van der Waals surface area (Å²) in [5, 5.41) is 14.3. The van der Waals surface area contributed by atoms with E-state index < -0.39 is 0 Å². The van der Waals surface area contributed by atoms with Crippen LogP contribution in [-0.4, -0.2) is 18.3 Å². The van der Waals surface area contributed by atoms with Crippen LogP contribution in [0.1, 0.15) is 11.1 Å². The number of benzene rings is 2. The summed E-state index contributed by atoms with van der Waals surface area (Å²) in [5.41, 5.74) is 2.53. The van der Waals surface area contributed by atoms with Crippen molar-refractivity contribution >= 4 is 23.5 Å². The van der Waals surface area contributed by atoms with E-state index in [4.69, 9.17) is 5.26 Å². The van der Waals surface area contributed by atoms with Gasteiger partial charge in [-0.2, -0.15) is 17.0 Å². The number of urea groups is 1. The quantitative estimate of drug-likeness (QED) is 0.801. The zero-order valence-electron chi connectivity index (χ0n) is 12.1. The number of hydrogen-bond donors (Lipinski definition) is 2. The molecule has 0 saturated carbocycles. The predicted octanol–water partition coefficient (Wildman–Crippen LogP) is 3.61. The van der Waals surface area contributed by atoms with Crippen molar-refractivity contribution in [1.29, 1.82) is 5.26 Å². The van der Waals surface area contributed by atoms with Gasteiger partial charge in [0.1, 0.15) is 0 Å². The van der Waals surface area contributed by atoms with Gasteiger partial charge < -0.3 is 10.6 Å². The van der Waals surface area contributed by atoms with Crippen LogP contribution in [0, 0.1) is 11.3 Å². The number of rotatable bonds is 6. The number of carbonyl (C=O) groups excluding carboxylic acids is 1. The summed E-state index contributed by atoms with van der Waals surface area (Å²) in [5.74, 6) is 1.80. The van der Waals surface area contributed by atoms with Gasteiger partial charge in [-0.3, -0.25) is 0 Å². The van der Waals surface area contributed by atoms with Gasteiger partial charge in [-0.05, 0) is 29.8 Å². The van der Waals surface area contributed by atoms with Crippen LogP contribution in [0.15, 0.2) is 54.6 Å². The SMILES string of the molecule is N#Cc1ccc(NC(=O)NCCSCc2ccccc2)cc1. The normalized spacial score (nSPS) is 9.77. The maximum Gasteiger partial charge on any atom is 0.319 e. The van der Waals surface area contributed by atoms with Gasteiger partial charge in [0, 0.05) is 23.7 Å². The number of anilines is 1. The van der Waals surface area contributed by atoms with Crippen LogP contribution in [0.4, 0.5) is 10.5 Å². The largest absolute Gasteiger partial charge is 0.337 e. The minimum absolute atomic E-state index is 0.231. The van der Waals surface area contributed by atoms with Gasteiger partial charge in [0.2, 0.25) is 0 Å². The Kier molecular flexibility index (Phi) is 6.34. The molecule has 0 unspecified atom stereocenters. The molecule has 22 heavy (non-hydrogen) atoms. The Balaban J connectivity index is 1.62. The van der Waals surface area contributed by atoms with E-state index in [1.165, 1.54) is 5.56 Å². The standard InChI is InChI=1S/C17H17N3OS/c18-12-14-6-8-16(9-7-14)20-17(21)19-10-11-22-13-15-4-2-1-3-5-15/h1-9H,10-11,13H2,(H2,19,20,21). The zero-order chi connectivity index (χ0) is 15.6. The fourth-order valence-electron chi connectivity index (χ4n) is 1.80. The number of amides is 2. The Morgan fingerprint density at radius 1 is 1.09 bits per heavy atom. The molecule has 5 heteroatoms. The van der Waals surface area contributed by atoms with E-state index in [1.54, 1.807) is 36.0 Å². The van der Waals surface area contributed by atoms with Crippen molar-refractivity contribution in [3.63, 3.8) is 0 Å². The molecule has 2 aromatic carbocycles. The van der Waals surface area contributed by atoms with Crippen molar-refractivity contribution in [3.05, 3.63) is 65.7 Å². The van der Waals surface area contributed by atoms with Crippen molar-refractivity contribution in [2.45, 2.75) is 5.75 Å². The van der Waals surface area contributed by atoms with Crippen LogP contribution in [0.3, 0.4) is 0 Å². The number of nitrogens with one attached hydrogen (secondary N) is 2. The topological polar surface area (TPSA) is 64.9 Å². The lowest BCUT2D eigenvalue weighted by atomic mass is 10.2. The lowest BCUT2D eigenvalue weighted by Gasteiger charge is -2.07. The highest BCUT2D eigenvalue weighted by Gasteiger charge is 2.01. The first-order chi connectivity index (χ1) is 10.8. The molecule has 0 aromatic heterocycles. The molecule has 0 aliphatic carbocycles. The minimum Gasteiger partial charge on any atom is -0.337 e. The van der Waals surface area contributed by atoms with E-state index >= 15 is 0 Å². The third-order valence-electron chi connectivity index (χ3n) is 2.92. The van der Waals surface area contributed by atoms with Crippen molar-refractivity contribution in [2.75, 3.05) is 17.6 Å².